The van der Waals surface area contributed by atoms with Gasteiger partial charge in [0.05, 0.1) is 0 Å². The van der Waals surface area contributed by atoms with Gasteiger partial charge in [0, 0.05) is 12.6 Å². The number of nitrogens with one attached hydrogen (secondary N) is 1. The molecule has 1 nitrogen and oxygen atoms in total. The van der Waals surface area contributed by atoms with E-state index in [-0.39, 0.29) is 0 Å². The second-order valence-corrected chi connectivity index (χ2v) is 3.79. The Kier molecular flexibility index (Phi) is 1.89. The molecule has 0 saturated carbocycles. The highest BCUT2D eigenvalue weighted by atomic mass is 15.1. The molecule has 0 bridgehead atoms. The largest absolute Gasteiger partial charge is 0.307 e. The normalized spacial score (nSPS) is 21.4. The maximum Gasteiger partial charge on any atom is 0.0447 e. The molecule has 1 aromatic rings. The molecule has 0 aromatic heterocycles. The fourth-order valence-electron chi connectivity index (χ4n) is 1.43. The van der Waals surface area contributed by atoms with E-state index in [1.54, 1.807) is 0 Å². The van der Waals surface area contributed by atoms with Crippen LogP contribution in [-0.4, -0.2) is 6.54 Å². The predicted molar refractivity (Wildman–Crippen MR) is 51.3 cm³/mol. The van der Waals surface area contributed by atoms with Gasteiger partial charge in [-0.3, -0.25) is 0 Å². The zero-order valence-electron chi connectivity index (χ0n) is 7.67. The lowest BCUT2D eigenvalue weighted by molar-refractivity contribution is 0.861. The van der Waals surface area contributed by atoms with E-state index in [4.69, 9.17) is 0 Å². The van der Waals surface area contributed by atoms with E-state index < -0.39 is 0 Å². The molecular weight excluding hydrogens is 146 g/mol. The number of benzene rings is 1. The van der Waals surface area contributed by atoms with Crippen molar-refractivity contribution in [1.29, 1.82) is 0 Å². The van der Waals surface area contributed by atoms with Gasteiger partial charge >= 0.3 is 0 Å². The van der Waals surface area contributed by atoms with Gasteiger partial charge in [-0.1, -0.05) is 38.1 Å². The first kappa shape index (κ1) is 7.81. The summed E-state index contributed by atoms with van der Waals surface area (Å²) in [6.45, 7) is 5.63. The standard InChI is InChI=1S/C11H15N/c1-8(2)9-4-3-5-10(6-9)11-7-12-11/h3-6,8,11-12H,7H2,1-2H3/t11-/m1/s1. The van der Waals surface area contributed by atoms with E-state index >= 15 is 0 Å². The van der Waals surface area contributed by atoms with Crippen LogP contribution in [0, 0.1) is 0 Å². The highest BCUT2D eigenvalue weighted by molar-refractivity contribution is 5.30. The van der Waals surface area contributed by atoms with E-state index in [1.165, 1.54) is 11.1 Å². The first-order valence-electron chi connectivity index (χ1n) is 4.60. The maximum atomic E-state index is 3.32. The van der Waals surface area contributed by atoms with Crippen molar-refractivity contribution in [3.05, 3.63) is 35.4 Å². The number of hydrogen-bond acceptors (Lipinski definition) is 1. The molecule has 1 aromatic carbocycles. The van der Waals surface area contributed by atoms with Crippen molar-refractivity contribution in [3.63, 3.8) is 0 Å². The highest BCUT2D eigenvalue weighted by Crippen LogP contribution is 2.24. The molecule has 1 atom stereocenters. The summed E-state index contributed by atoms with van der Waals surface area (Å²) in [7, 11) is 0. The summed E-state index contributed by atoms with van der Waals surface area (Å²) < 4.78 is 0. The average Bonchev–Trinajstić information content (AvgIpc) is 2.87. The molecule has 64 valence electrons. The second kappa shape index (κ2) is 2.91. The van der Waals surface area contributed by atoms with Gasteiger partial charge in [0.2, 0.25) is 0 Å². The molecule has 1 fully saturated rings. The summed E-state index contributed by atoms with van der Waals surface area (Å²) in [6.07, 6.45) is 0. The Labute approximate surface area is 73.8 Å². The topological polar surface area (TPSA) is 21.9 Å². The van der Waals surface area contributed by atoms with Gasteiger partial charge < -0.3 is 5.32 Å². The van der Waals surface area contributed by atoms with E-state index in [1.807, 2.05) is 0 Å². The second-order valence-electron chi connectivity index (χ2n) is 3.79. The lowest BCUT2D eigenvalue weighted by atomic mass is 10.00. The summed E-state index contributed by atoms with van der Waals surface area (Å²) in [5, 5.41) is 3.32. The van der Waals surface area contributed by atoms with Gasteiger partial charge in [-0.2, -0.15) is 0 Å². The van der Waals surface area contributed by atoms with Gasteiger partial charge in [-0.25, -0.2) is 0 Å². The van der Waals surface area contributed by atoms with Crippen LogP contribution in [0.5, 0.6) is 0 Å². The van der Waals surface area contributed by atoms with Gasteiger partial charge in [-0.05, 0) is 17.0 Å². The zero-order chi connectivity index (χ0) is 8.55. The first-order valence-corrected chi connectivity index (χ1v) is 4.60. The monoisotopic (exact) mass is 161 g/mol. The molecule has 12 heavy (non-hydrogen) atoms. The molecule has 0 aliphatic carbocycles. The highest BCUT2D eigenvalue weighted by Gasteiger charge is 2.22. The molecule has 1 N–H and O–H groups in total. The summed E-state index contributed by atoms with van der Waals surface area (Å²) in [6, 6.07) is 9.52. The minimum absolute atomic E-state index is 0.642. The van der Waals surface area contributed by atoms with Crippen molar-refractivity contribution in [2.24, 2.45) is 0 Å². The fraction of sp³-hybridized carbons (Fsp3) is 0.455. The zero-order valence-corrected chi connectivity index (χ0v) is 7.67. The molecule has 1 heteroatoms. The van der Waals surface area contributed by atoms with Gasteiger partial charge in [0.25, 0.3) is 0 Å². The van der Waals surface area contributed by atoms with Crippen molar-refractivity contribution < 1.29 is 0 Å². The van der Waals surface area contributed by atoms with Crippen LogP contribution < -0.4 is 5.32 Å². The van der Waals surface area contributed by atoms with Gasteiger partial charge in [0.15, 0.2) is 0 Å². The molecule has 0 amide bonds. The molecular formula is C11H15N. The summed E-state index contributed by atoms with van der Waals surface area (Å²) in [5.41, 5.74) is 2.89. The van der Waals surface area contributed by atoms with Gasteiger partial charge in [0.1, 0.15) is 0 Å². The van der Waals surface area contributed by atoms with Crippen LogP contribution in [0.1, 0.15) is 36.9 Å². The molecule has 2 rings (SSSR count). The Hall–Kier alpha value is -0.820. The number of rotatable bonds is 2. The molecule has 0 spiro atoms. The predicted octanol–water partition coefficient (Wildman–Crippen LogP) is 2.45. The van der Waals surface area contributed by atoms with E-state index in [2.05, 4.69) is 43.4 Å². The maximum absolute atomic E-state index is 3.32. The summed E-state index contributed by atoms with van der Waals surface area (Å²) in [4.78, 5) is 0. The van der Waals surface area contributed by atoms with Crippen molar-refractivity contribution in [2.75, 3.05) is 6.54 Å². The lowest BCUT2D eigenvalue weighted by Crippen LogP contribution is -1.90. The Bertz CT molecular complexity index is 257. The van der Waals surface area contributed by atoms with Gasteiger partial charge in [-0.15, -0.1) is 0 Å². The van der Waals surface area contributed by atoms with Crippen molar-refractivity contribution >= 4 is 0 Å². The van der Waals surface area contributed by atoms with E-state index in [0.717, 1.165) is 6.54 Å². The molecule has 1 heterocycles. The molecule has 0 unspecified atom stereocenters. The van der Waals surface area contributed by atoms with Crippen molar-refractivity contribution in [3.8, 4) is 0 Å². The quantitative estimate of drug-likeness (QED) is 0.661. The average molecular weight is 161 g/mol. The van der Waals surface area contributed by atoms with Crippen LogP contribution in [0.2, 0.25) is 0 Å². The Morgan fingerprint density at radius 1 is 1.42 bits per heavy atom. The lowest BCUT2D eigenvalue weighted by Gasteiger charge is -2.06. The Morgan fingerprint density at radius 2 is 2.17 bits per heavy atom. The third-order valence-electron chi connectivity index (χ3n) is 2.39. The molecule has 1 saturated heterocycles. The summed E-state index contributed by atoms with van der Waals surface area (Å²) in [5.74, 6) is 0.642. The van der Waals surface area contributed by atoms with Crippen molar-refractivity contribution in [2.45, 2.75) is 25.8 Å². The third kappa shape index (κ3) is 1.51. The minimum atomic E-state index is 0.642. The smallest absolute Gasteiger partial charge is 0.0447 e. The van der Waals surface area contributed by atoms with Crippen LogP contribution >= 0.6 is 0 Å². The molecule has 0 radical (unpaired) electrons. The van der Waals surface area contributed by atoms with Crippen LogP contribution in [0.4, 0.5) is 0 Å². The number of hydrogen-bond donors (Lipinski definition) is 1. The third-order valence-corrected chi connectivity index (χ3v) is 2.39. The first-order chi connectivity index (χ1) is 5.77. The summed E-state index contributed by atoms with van der Waals surface area (Å²) >= 11 is 0. The van der Waals surface area contributed by atoms with Crippen LogP contribution in [-0.2, 0) is 0 Å². The SMILES string of the molecule is CC(C)c1cccc([C@H]2CN2)c1. The van der Waals surface area contributed by atoms with E-state index in [9.17, 15) is 0 Å². The molecule has 1 aliphatic rings. The van der Waals surface area contributed by atoms with Crippen LogP contribution in [0.15, 0.2) is 24.3 Å². The van der Waals surface area contributed by atoms with E-state index in [0.29, 0.717) is 12.0 Å². The molecule has 1 aliphatic heterocycles. The van der Waals surface area contributed by atoms with Crippen molar-refractivity contribution in [1.82, 2.24) is 5.32 Å². The van der Waals surface area contributed by atoms with Crippen LogP contribution in [0.25, 0.3) is 0 Å². The van der Waals surface area contributed by atoms with Crippen LogP contribution in [0.3, 0.4) is 0 Å². The Morgan fingerprint density at radius 3 is 2.75 bits per heavy atom. The fourth-order valence-corrected chi connectivity index (χ4v) is 1.43. The minimum Gasteiger partial charge on any atom is -0.307 e. The Balaban J connectivity index is 2.26.